The molecule has 1 atom stereocenters. The van der Waals surface area contributed by atoms with Crippen LogP contribution in [0.1, 0.15) is 22.0 Å². The summed E-state index contributed by atoms with van der Waals surface area (Å²) in [6.45, 7) is -0.309. The van der Waals surface area contributed by atoms with Gasteiger partial charge in [0.15, 0.2) is 6.61 Å². The highest BCUT2D eigenvalue weighted by molar-refractivity contribution is 5.98. The van der Waals surface area contributed by atoms with Crippen molar-refractivity contribution in [3.05, 3.63) is 126 Å². The molecule has 0 aliphatic heterocycles. The zero-order valence-electron chi connectivity index (χ0n) is 19.4. The number of hydrogen-bond acceptors (Lipinski definition) is 4. The standard InChI is InChI=1S/C29H25N3O4/c33-26(20-36-25-19-11-10-18-24(25)21-12-4-1-5-13-21)31-32-29(35)27(22-14-6-2-7-15-22)30-28(34)23-16-8-3-9-17-23/h1-19,27H,20H2,(H,30,34)(H,31,33)(H,32,35). The van der Waals surface area contributed by atoms with Crippen LogP contribution in [0.3, 0.4) is 0 Å². The van der Waals surface area contributed by atoms with E-state index in [-0.39, 0.29) is 6.61 Å². The first-order valence-corrected chi connectivity index (χ1v) is 11.4. The number of benzene rings is 4. The molecule has 4 aromatic rings. The lowest BCUT2D eigenvalue weighted by Gasteiger charge is -2.19. The number of para-hydroxylation sites is 1. The molecule has 180 valence electrons. The van der Waals surface area contributed by atoms with E-state index in [0.29, 0.717) is 16.9 Å². The highest BCUT2D eigenvalue weighted by atomic mass is 16.5. The van der Waals surface area contributed by atoms with E-state index in [4.69, 9.17) is 4.74 Å². The molecule has 0 radical (unpaired) electrons. The molecule has 0 saturated heterocycles. The minimum absolute atomic E-state index is 0.309. The van der Waals surface area contributed by atoms with E-state index in [0.717, 1.165) is 11.1 Å². The number of amides is 3. The molecule has 36 heavy (non-hydrogen) atoms. The van der Waals surface area contributed by atoms with Crippen molar-refractivity contribution >= 4 is 17.7 Å². The Labute approximate surface area is 209 Å². The molecule has 7 nitrogen and oxygen atoms in total. The molecule has 0 aromatic heterocycles. The second-order valence-corrected chi connectivity index (χ2v) is 7.87. The summed E-state index contributed by atoms with van der Waals surface area (Å²) in [5.74, 6) is -1.01. The van der Waals surface area contributed by atoms with Crippen LogP contribution in [0.15, 0.2) is 115 Å². The van der Waals surface area contributed by atoms with Gasteiger partial charge in [-0.2, -0.15) is 0 Å². The van der Waals surface area contributed by atoms with Crippen molar-refractivity contribution in [3.63, 3.8) is 0 Å². The average molecular weight is 480 g/mol. The summed E-state index contributed by atoms with van der Waals surface area (Å²) < 4.78 is 5.72. The number of nitrogens with one attached hydrogen (secondary N) is 3. The highest BCUT2D eigenvalue weighted by Gasteiger charge is 2.23. The van der Waals surface area contributed by atoms with Gasteiger partial charge in [0.2, 0.25) is 0 Å². The van der Waals surface area contributed by atoms with Crippen molar-refractivity contribution < 1.29 is 19.1 Å². The summed E-state index contributed by atoms with van der Waals surface area (Å²) in [7, 11) is 0. The molecule has 0 saturated carbocycles. The fraction of sp³-hybridized carbons (Fsp3) is 0.0690. The van der Waals surface area contributed by atoms with E-state index < -0.39 is 23.8 Å². The number of rotatable bonds is 8. The minimum Gasteiger partial charge on any atom is -0.483 e. The van der Waals surface area contributed by atoms with Crippen molar-refractivity contribution in [1.82, 2.24) is 16.2 Å². The number of hydrazine groups is 1. The van der Waals surface area contributed by atoms with Crippen molar-refractivity contribution in [2.75, 3.05) is 6.61 Å². The van der Waals surface area contributed by atoms with Crippen LogP contribution in [0.5, 0.6) is 5.75 Å². The van der Waals surface area contributed by atoms with Gasteiger partial charge in [-0.25, -0.2) is 0 Å². The van der Waals surface area contributed by atoms with Gasteiger partial charge in [0.05, 0.1) is 0 Å². The Balaban J connectivity index is 1.37. The van der Waals surface area contributed by atoms with Crippen LogP contribution < -0.4 is 20.9 Å². The molecule has 3 amide bonds. The summed E-state index contributed by atoms with van der Waals surface area (Å²) >= 11 is 0. The monoisotopic (exact) mass is 479 g/mol. The molecule has 0 spiro atoms. The fourth-order valence-corrected chi connectivity index (χ4v) is 3.58. The molecular weight excluding hydrogens is 454 g/mol. The predicted molar refractivity (Wildman–Crippen MR) is 137 cm³/mol. The molecule has 0 aliphatic rings. The molecule has 0 aliphatic carbocycles. The third kappa shape index (κ3) is 6.36. The van der Waals surface area contributed by atoms with Crippen molar-refractivity contribution in [3.8, 4) is 16.9 Å². The Bertz CT molecular complexity index is 1310. The molecular formula is C29H25N3O4. The molecule has 0 heterocycles. The van der Waals surface area contributed by atoms with E-state index in [1.54, 1.807) is 60.7 Å². The molecule has 4 rings (SSSR count). The lowest BCUT2D eigenvalue weighted by atomic mass is 10.1. The van der Waals surface area contributed by atoms with Crippen LogP contribution in [-0.2, 0) is 9.59 Å². The normalized spacial score (nSPS) is 11.1. The van der Waals surface area contributed by atoms with Crippen LogP contribution >= 0.6 is 0 Å². The Morgan fingerprint density at radius 3 is 1.94 bits per heavy atom. The molecule has 0 bridgehead atoms. The van der Waals surface area contributed by atoms with Gasteiger partial charge in [0.1, 0.15) is 11.8 Å². The second kappa shape index (κ2) is 12.0. The molecule has 4 aromatic carbocycles. The van der Waals surface area contributed by atoms with E-state index in [2.05, 4.69) is 16.2 Å². The lowest BCUT2D eigenvalue weighted by molar-refractivity contribution is -0.131. The van der Waals surface area contributed by atoms with E-state index in [9.17, 15) is 14.4 Å². The zero-order chi connectivity index (χ0) is 25.2. The van der Waals surface area contributed by atoms with Crippen LogP contribution in [-0.4, -0.2) is 24.3 Å². The number of hydrogen-bond donors (Lipinski definition) is 3. The first-order valence-electron chi connectivity index (χ1n) is 11.4. The Hall–Kier alpha value is -4.91. The second-order valence-electron chi connectivity index (χ2n) is 7.87. The van der Waals surface area contributed by atoms with Crippen LogP contribution in [0.2, 0.25) is 0 Å². The number of carbonyl (C=O) groups is 3. The molecule has 1 unspecified atom stereocenters. The molecule has 7 heteroatoms. The van der Waals surface area contributed by atoms with Gasteiger partial charge in [0.25, 0.3) is 17.7 Å². The van der Waals surface area contributed by atoms with E-state index in [1.807, 2.05) is 54.6 Å². The van der Waals surface area contributed by atoms with Crippen LogP contribution in [0, 0.1) is 0 Å². The number of carbonyl (C=O) groups excluding carboxylic acids is 3. The lowest BCUT2D eigenvalue weighted by Crippen LogP contribution is -2.49. The summed E-state index contributed by atoms with van der Waals surface area (Å²) in [4.78, 5) is 38.1. The fourth-order valence-electron chi connectivity index (χ4n) is 3.58. The zero-order valence-corrected chi connectivity index (χ0v) is 19.4. The van der Waals surface area contributed by atoms with Gasteiger partial charge >= 0.3 is 0 Å². The van der Waals surface area contributed by atoms with Crippen LogP contribution in [0.4, 0.5) is 0 Å². The number of ether oxygens (including phenoxy) is 1. The van der Waals surface area contributed by atoms with Gasteiger partial charge in [-0.3, -0.25) is 25.2 Å². The third-order valence-corrected chi connectivity index (χ3v) is 5.36. The maximum absolute atomic E-state index is 12.9. The summed E-state index contributed by atoms with van der Waals surface area (Å²) in [6, 6.07) is 33.4. The third-order valence-electron chi connectivity index (χ3n) is 5.36. The van der Waals surface area contributed by atoms with Crippen LogP contribution in [0.25, 0.3) is 11.1 Å². The topological polar surface area (TPSA) is 96.5 Å². The summed E-state index contributed by atoms with van der Waals surface area (Å²) in [6.07, 6.45) is 0. The van der Waals surface area contributed by atoms with Crippen molar-refractivity contribution in [1.29, 1.82) is 0 Å². The smallest absolute Gasteiger partial charge is 0.276 e. The highest BCUT2D eigenvalue weighted by Crippen LogP contribution is 2.29. The van der Waals surface area contributed by atoms with Gasteiger partial charge in [0, 0.05) is 11.1 Å². The summed E-state index contributed by atoms with van der Waals surface area (Å²) in [5.41, 5.74) is 7.55. The summed E-state index contributed by atoms with van der Waals surface area (Å²) in [5, 5.41) is 2.72. The Kier molecular flexibility index (Phi) is 8.07. The van der Waals surface area contributed by atoms with Gasteiger partial charge < -0.3 is 10.1 Å². The van der Waals surface area contributed by atoms with E-state index >= 15 is 0 Å². The SMILES string of the molecule is O=C(COc1ccccc1-c1ccccc1)NNC(=O)C(NC(=O)c1ccccc1)c1ccccc1. The van der Waals surface area contributed by atoms with Crippen molar-refractivity contribution in [2.24, 2.45) is 0 Å². The van der Waals surface area contributed by atoms with Crippen molar-refractivity contribution in [2.45, 2.75) is 6.04 Å². The van der Waals surface area contributed by atoms with Gasteiger partial charge in [-0.1, -0.05) is 97.1 Å². The maximum atomic E-state index is 12.9. The largest absolute Gasteiger partial charge is 0.483 e. The van der Waals surface area contributed by atoms with Gasteiger partial charge in [-0.15, -0.1) is 0 Å². The quantitative estimate of drug-likeness (QED) is 0.332. The first kappa shape index (κ1) is 24.2. The minimum atomic E-state index is -1.01. The Morgan fingerprint density at radius 2 is 1.25 bits per heavy atom. The Morgan fingerprint density at radius 1 is 0.667 bits per heavy atom. The molecule has 3 N–H and O–H groups in total. The van der Waals surface area contributed by atoms with Gasteiger partial charge in [-0.05, 0) is 29.3 Å². The maximum Gasteiger partial charge on any atom is 0.276 e. The molecule has 0 fully saturated rings. The average Bonchev–Trinajstić information content (AvgIpc) is 2.95. The first-order chi connectivity index (χ1) is 17.6. The predicted octanol–water partition coefficient (Wildman–Crippen LogP) is 4.05. The van der Waals surface area contributed by atoms with E-state index in [1.165, 1.54) is 0 Å².